The first-order valence-corrected chi connectivity index (χ1v) is 6.04. The van der Waals surface area contributed by atoms with Crippen LogP contribution in [0.15, 0.2) is 18.2 Å². The van der Waals surface area contributed by atoms with Crippen LogP contribution in [0, 0.1) is 0 Å². The van der Waals surface area contributed by atoms with E-state index in [0.717, 1.165) is 5.56 Å². The highest BCUT2D eigenvalue weighted by atomic mass is 16.5. The number of aliphatic hydroxyl groups excluding tert-OH is 1. The maximum absolute atomic E-state index is 11.4. The monoisotopic (exact) mass is 268 g/mol. The van der Waals surface area contributed by atoms with E-state index in [1.165, 1.54) is 0 Å². The Morgan fingerprint density at radius 3 is 2.58 bits per heavy atom. The highest BCUT2D eigenvalue weighted by Crippen LogP contribution is 2.27. The summed E-state index contributed by atoms with van der Waals surface area (Å²) in [7, 11) is 3.14. The maximum atomic E-state index is 11.4. The number of rotatable bonds is 7. The summed E-state index contributed by atoms with van der Waals surface area (Å²) in [5.41, 5.74) is 0.912. The number of carbonyl (C=O) groups excluding carboxylic acids is 1. The molecule has 1 aromatic carbocycles. The summed E-state index contributed by atoms with van der Waals surface area (Å²) in [6.45, 7) is 0.912. The first kappa shape index (κ1) is 15.1. The zero-order valence-corrected chi connectivity index (χ0v) is 11.2. The Morgan fingerprint density at radius 1 is 1.21 bits per heavy atom. The lowest BCUT2D eigenvalue weighted by Gasteiger charge is -2.10. The number of aliphatic hydroxyl groups is 1. The molecule has 0 spiro atoms. The van der Waals surface area contributed by atoms with Gasteiger partial charge in [0.2, 0.25) is 0 Å². The second-order valence-electron chi connectivity index (χ2n) is 3.88. The van der Waals surface area contributed by atoms with Crippen molar-refractivity contribution in [2.75, 3.05) is 27.4 Å². The molecule has 0 heterocycles. The summed E-state index contributed by atoms with van der Waals surface area (Å²) in [4.78, 5) is 11.4. The predicted octanol–water partition coefficient (Wildman–Crippen LogP) is 0.885. The Morgan fingerprint density at radius 2 is 1.95 bits per heavy atom. The Bertz CT molecular complexity index is 410. The maximum Gasteiger partial charge on any atom is 0.315 e. The third-order valence-corrected chi connectivity index (χ3v) is 2.52. The number of hydrogen-bond donors (Lipinski definition) is 3. The summed E-state index contributed by atoms with van der Waals surface area (Å²) in [5.74, 6) is 1.28. The summed E-state index contributed by atoms with van der Waals surface area (Å²) < 4.78 is 10.3. The molecule has 0 aliphatic carbocycles. The second kappa shape index (κ2) is 8.20. The van der Waals surface area contributed by atoms with Gasteiger partial charge in [-0.25, -0.2) is 4.79 Å². The molecule has 0 atom stereocenters. The van der Waals surface area contributed by atoms with Crippen molar-refractivity contribution < 1.29 is 19.4 Å². The van der Waals surface area contributed by atoms with Crippen molar-refractivity contribution >= 4 is 6.03 Å². The third-order valence-electron chi connectivity index (χ3n) is 2.52. The molecule has 6 heteroatoms. The molecule has 0 fully saturated rings. The van der Waals surface area contributed by atoms with Gasteiger partial charge >= 0.3 is 6.03 Å². The van der Waals surface area contributed by atoms with Gasteiger partial charge in [-0.05, 0) is 24.1 Å². The van der Waals surface area contributed by atoms with Gasteiger partial charge < -0.3 is 25.2 Å². The highest BCUT2D eigenvalue weighted by Gasteiger charge is 2.05. The van der Waals surface area contributed by atoms with Crippen molar-refractivity contribution in [2.24, 2.45) is 0 Å². The third kappa shape index (κ3) is 5.05. The molecule has 0 bridgehead atoms. The molecular formula is C13H20N2O4. The topological polar surface area (TPSA) is 79.8 Å². The van der Waals surface area contributed by atoms with Gasteiger partial charge in [-0.2, -0.15) is 0 Å². The number of benzene rings is 1. The number of methoxy groups -OCH3 is 2. The van der Waals surface area contributed by atoms with Crippen molar-refractivity contribution in [2.45, 2.75) is 13.0 Å². The first-order chi connectivity index (χ1) is 9.21. The minimum atomic E-state index is -0.261. The van der Waals surface area contributed by atoms with Crippen molar-refractivity contribution in [3.63, 3.8) is 0 Å². The van der Waals surface area contributed by atoms with Crippen LogP contribution in [-0.4, -0.2) is 38.5 Å². The zero-order chi connectivity index (χ0) is 14.1. The normalized spacial score (nSPS) is 9.84. The fraction of sp³-hybridized carbons (Fsp3) is 0.462. The van der Waals surface area contributed by atoms with Crippen LogP contribution in [-0.2, 0) is 6.54 Å². The van der Waals surface area contributed by atoms with E-state index in [2.05, 4.69) is 10.6 Å². The van der Waals surface area contributed by atoms with Gasteiger partial charge in [0.25, 0.3) is 0 Å². The molecule has 0 aliphatic rings. The fourth-order valence-corrected chi connectivity index (χ4v) is 1.52. The number of hydrogen-bond acceptors (Lipinski definition) is 4. The van der Waals surface area contributed by atoms with E-state index in [-0.39, 0.29) is 12.6 Å². The molecule has 0 aliphatic heterocycles. The minimum Gasteiger partial charge on any atom is -0.493 e. The predicted molar refractivity (Wildman–Crippen MR) is 71.5 cm³/mol. The molecule has 106 valence electrons. The van der Waals surface area contributed by atoms with Crippen LogP contribution >= 0.6 is 0 Å². The lowest BCUT2D eigenvalue weighted by Crippen LogP contribution is -2.35. The van der Waals surface area contributed by atoms with Crippen molar-refractivity contribution in [1.29, 1.82) is 0 Å². The lowest BCUT2D eigenvalue weighted by atomic mass is 10.2. The van der Waals surface area contributed by atoms with Gasteiger partial charge in [0.15, 0.2) is 11.5 Å². The smallest absolute Gasteiger partial charge is 0.315 e. The van der Waals surface area contributed by atoms with Gasteiger partial charge in [-0.15, -0.1) is 0 Å². The second-order valence-corrected chi connectivity index (χ2v) is 3.88. The minimum absolute atomic E-state index is 0.0654. The molecule has 0 aromatic heterocycles. The SMILES string of the molecule is COc1ccc(CNC(=O)NCCCO)cc1OC. The Kier molecular flexibility index (Phi) is 6.52. The van der Waals surface area contributed by atoms with Crippen molar-refractivity contribution in [1.82, 2.24) is 10.6 Å². The van der Waals surface area contributed by atoms with Crippen LogP contribution in [0.1, 0.15) is 12.0 Å². The molecule has 3 N–H and O–H groups in total. The lowest BCUT2D eigenvalue weighted by molar-refractivity contribution is 0.237. The number of amides is 2. The van der Waals surface area contributed by atoms with E-state index < -0.39 is 0 Å². The van der Waals surface area contributed by atoms with Crippen molar-refractivity contribution in [3.8, 4) is 11.5 Å². The van der Waals surface area contributed by atoms with E-state index >= 15 is 0 Å². The molecule has 19 heavy (non-hydrogen) atoms. The quantitative estimate of drug-likeness (QED) is 0.641. The molecule has 1 rings (SSSR count). The molecule has 0 unspecified atom stereocenters. The van der Waals surface area contributed by atoms with Gasteiger partial charge in [0, 0.05) is 19.7 Å². The van der Waals surface area contributed by atoms with E-state index in [9.17, 15) is 4.79 Å². The first-order valence-electron chi connectivity index (χ1n) is 6.04. The van der Waals surface area contributed by atoms with E-state index in [1.54, 1.807) is 20.3 Å². The summed E-state index contributed by atoms with van der Waals surface area (Å²) in [6.07, 6.45) is 0.545. The Balaban J connectivity index is 2.47. The molecule has 6 nitrogen and oxygen atoms in total. The van der Waals surface area contributed by atoms with Crippen LogP contribution in [0.4, 0.5) is 4.79 Å². The Labute approximate surface area is 112 Å². The standard InChI is InChI=1S/C13H20N2O4/c1-18-11-5-4-10(8-12(11)19-2)9-15-13(17)14-6-3-7-16/h4-5,8,16H,3,6-7,9H2,1-2H3,(H2,14,15,17). The average Bonchev–Trinajstić information content (AvgIpc) is 2.45. The zero-order valence-electron chi connectivity index (χ0n) is 11.2. The van der Waals surface area contributed by atoms with Gasteiger partial charge in [-0.3, -0.25) is 0 Å². The summed E-state index contributed by atoms with van der Waals surface area (Å²) in [5, 5.41) is 14.0. The Hall–Kier alpha value is -1.95. The largest absolute Gasteiger partial charge is 0.493 e. The molecule has 2 amide bonds. The molecule has 0 saturated carbocycles. The number of urea groups is 1. The molecule has 0 radical (unpaired) electrons. The molecule has 1 aromatic rings. The molecule has 0 saturated heterocycles. The van der Waals surface area contributed by atoms with Crippen molar-refractivity contribution in [3.05, 3.63) is 23.8 Å². The van der Waals surface area contributed by atoms with Crippen LogP contribution < -0.4 is 20.1 Å². The van der Waals surface area contributed by atoms with Gasteiger partial charge in [0.1, 0.15) is 0 Å². The van der Waals surface area contributed by atoms with Crippen LogP contribution in [0.25, 0.3) is 0 Å². The van der Waals surface area contributed by atoms with E-state index in [4.69, 9.17) is 14.6 Å². The molecular weight excluding hydrogens is 248 g/mol. The fourth-order valence-electron chi connectivity index (χ4n) is 1.52. The highest BCUT2D eigenvalue weighted by molar-refractivity contribution is 5.73. The number of nitrogens with one attached hydrogen (secondary N) is 2. The number of ether oxygens (including phenoxy) is 2. The van der Waals surface area contributed by atoms with Crippen LogP contribution in [0.2, 0.25) is 0 Å². The number of carbonyl (C=O) groups is 1. The van der Waals surface area contributed by atoms with E-state index in [0.29, 0.717) is 31.0 Å². The average molecular weight is 268 g/mol. The van der Waals surface area contributed by atoms with Gasteiger partial charge in [0.05, 0.1) is 14.2 Å². The summed E-state index contributed by atoms with van der Waals surface area (Å²) in [6, 6.07) is 5.20. The van der Waals surface area contributed by atoms with Gasteiger partial charge in [-0.1, -0.05) is 6.07 Å². The summed E-state index contributed by atoms with van der Waals surface area (Å²) >= 11 is 0. The van der Waals surface area contributed by atoms with Crippen LogP contribution in [0.3, 0.4) is 0 Å². The van der Waals surface area contributed by atoms with E-state index in [1.807, 2.05) is 12.1 Å². The van der Waals surface area contributed by atoms with Crippen LogP contribution in [0.5, 0.6) is 11.5 Å².